The highest BCUT2D eigenvalue weighted by Crippen LogP contribution is 2.44. The van der Waals surface area contributed by atoms with E-state index in [1.165, 1.54) is 0 Å². The Kier molecular flexibility index (Phi) is 6.37. The number of nitrogens with one attached hydrogen (secondary N) is 2. The van der Waals surface area contributed by atoms with E-state index in [1.807, 2.05) is 48.5 Å². The molecule has 30 heavy (non-hydrogen) atoms. The number of sulfone groups is 1. The third-order valence-corrected chi connectivity index (χ3v) is 5.70. The van der Waals surface area contributed by atoms with E-state index in [4.69, 9.17) is 10.00 Å². The SMILES string of the molecule is CS(=O)(=O)CC(NC(=O)OCC1c2ccccc2-c2ccccc21)C(=O)NCC#N. The predicted molar refractivity (Wildman–Crippen MR) is 110 cm³/mol. The summed E-state index contributed by atoms with van der Waals surface area (Å²) in [5.41, 5.74) is 4.22. The van der Waals surface area contributed by atoms with E-state index in [0.717, 1.165) is 28.5 Å². The molecule has 0 aliphatic heterocycles. The summed E-state index contributed by atoms with van der Waals surface area (Å²) >= 11 is 0. The van der Waals surface area contributed by atoms with Gasteiger partial charge in [0.15, 0.2) is 0 Å². The van der Waals surface area contributed by atoms with Crippen LogP contribution < -0.4 is 10.6 Å². The van der Waals surface area contributed by atoms with Crippen LogP contribution in [0.1, 0.15) is 17.0 Å². The molecule has 2 aromatic rings. The summed E-state index contributed by atoms with van der Waals surface area (Å²) in [7, 11) is -3.56. The van der Waals surface area contributed by atoms with Crippen molar-refractivity contribution in [2.75, 3.05) is 25.2 Å². The summed E-state index contributed by atoms with van der Waals surface area (Å²) < 4.78 is 28.6. The van der Waals surface area contributed by atoms with E-state index in [2.05, 4.69) is 10.6 Å². The lowest BCUT2D eigenvalue weighted by Crippen LogP contribution is -2.50. The molecule has 0 saturated carbocycles. The van der Waals surface area contributed by atoms with Crippen molar-refractivity contribution >= 4 is 21.8 Å². The average molecular weight is 427 g/mol. The van der Waals surface area contributed by atoms with Gasteiger partial charge >= 0.3 is 6.09 Å². The van der Waals surface area contributed by atoms with Crippen molar-refractivity contribution in [1.82, 2.24) is 10.6 Å². The number of ether oxygens (including phenoxy) is 1. The van der Waals surface area contributed by atoms with Gasteiger partial charge in [-0.25, -0.2) is 13.2 Å². The van der Waals surface area contributed by atoms with Crippen LogP contribution in [0.3, 0.4) is 0 Å². The zero-order valence-corrected chi connectivity index (χ0v) is 17.1. The van der Waals surface area contributed by atoms with Crippen LogP contribution in [0.2, 0.25) is 0 Å². The van der Waals surface area contributed by atoms with Crippen molar-refractivity contribution in [2.24, 2.45) is 0 Å². The second-order valence-corrected chi connectivity index (χ2v) is 9.18. The minimum atomic E-state index is -3.56. The summed E-state index contributed by atoms with van der Waals surface area (Å²) in [5.74, 6) is -1.53. The van der Waals surface area contributed by atoms with Crippen LogP contribution in [-0.2, 0) is 19.4 Å². The van der Waals surface area contributed by atoms with Crippen LogP contribution in [0.25, 0.3) is 11.1 Å². The molecule has 0 fully saturated rings. The van der Waals surface area contributed by atoms with Gasteiger partial charge in [-0.3, -0.25) is 4.79 Å². The van der Waals surface area contributed by atoms with Crippen molar-refractivity contribution < 1.29 is 22.7 Å². The molecule has 1 aliphatic carbocycles. The number of carbonyl (C=O) groups is 2. The van der Waals surface area contributed by atoms with Crippen molar-refractivity contribution in [1.29, 1.82) is 5.26 Å². The Labute approximate surface area is 174 Å². The predicted octanol–water partition coefficient (Wildman–Crippen LogP) is 1.58. The first-order valence-corrected chi connectivity index (χ1v) is 11.3. The molecule has 2 aromatic carbocycles. The third-order valence-electron chi connectivity index (χ3n) is 4.76. The quantitative estimate of drug-likeness (QED) is 0.646. The molecule has 156 valence electrons. The molecule has 0 spiro atoms. The number of rotatable bonds is 7. The third kappa shape index (κ3) is 4.96. The smallest absolute Gasteiger partial charge is 0.407 e. The molecule has 0 bridgehead atoms. The minimum Gasteiger partial charge on any atom is -0.449 e. The highest BCUT2D eigenvalue weighted by Gasteiger charge is 2.30. The second-order valence-electron chi connectivity index (χ2n) is 6.99. The van der Waals surface area contributed by atoms with Gasteiger partial charge in [0.05, 0.1) is 11.8 Å². The van der Waals surface area contributed by atoms with Crippen molar-refractivity contribution in [3.63, 3.8) is 0 Å². The molecule has 2 N–H and O–H groups in total. The van der Waals surface area contributed by atoms with E-state index in [0.29, 0.717) is 0 Å². The molecular formula is C21H21N3O5S. The summed E-state index contributed by atoms with van der Waals surface area (Å²) in [6.45, 7) is -0.267. The summed E-state index contributed by atoms with van der Waals surface area (Å²) in [6.07, 6.45) is 0.0504. The number of alkyl carbamates (subject to hydrolysis) is 1. The average Bonchev–Trinajstić information content (AvgIpc) is 3.03. The van der Waals surface area contributed by atoms with Gasteiger partial charge in [0.1, 0.15) is 29.0 Å². The van der Waals surface area contributed by atoms with Crippen LogP contribution in [-0.4, -0.2) is 51.6 Å². The Morgan fingerprint density at radius 1 is 1.10 bits per heavy atom. The lowest BCUT2D eigenvalue weighted by atomic mass is 9.98. The lowest BCUT2D eigenvalue weighted by molar-refractivity contribution is -0.122. The van der Waals surface area contributed by atoms with E-state index < -0.39 is 33.6 Å². The van der Waals surface area contributed by atoms with Crippen LogP contribution in [0, 0.1) is 11.3 Å². The standard InChI is InChI=1S/C21H21N3O5S/c1-30(27,28)13-19(20(25)23-11-10-22)24-21(26)29-12-18-16-8-4-2-6-14(16)15-7-3-5-9-17(15)18/h2-9,18-19H,11-13H2,1H3,(H,23,25)(H,24,26). The first-order chi connectivity index (χ1) is 14.3. The molecular weight excluding hydrogens is 406 g/mol. The molecule has 1 aliphatic rings. The first kappa shape index (κ1) is 21.3. The largest absolute Gasteiger partial charge is 0.449 e. The summed E-state index contributed by atoms with van der Waals surface area (Å²) in [4.78, 5) is 24.4. The topological polar surface area (TPSA) is 125 Å². The second kappa shape index (κ2) is 8.97. The monoisotopic (exact) mass is 427 g/mol. The molecule has 1 unspecified atom stereocenters. The van der Waals surface area contributed by atoms with Gasteiger partial charge in [-0.15, -0.1) is 0 Å². The maximum Gasteiger partial charge on any atom is 0.407 e. The maximum absolute atomic E-state index is 12.3. The van der Waals surface area contributed by atoms with E-state index in [1.54, 1.807) is 6.07 Å². The van der Waals surface area contributed by atoms with Crippen LogP contribution in [0.5, 0.6) is 0 Å². The fourth-order valence-corrected chi connectivity index (χ4v) is 4.36. The molecule has 8 nitrogen and oxygen atoms in total. The summed E-state index contributed by atoms with van der Waals surface area (Å²) in [5, 5.41) is 13.1. The lowest BCUT2D eigenvalue weighted by Gasteiger charge is -2.18. The molecule has 0 heterocycles. The Bertz CT molecular complexity index is 1060. The normalized spacial score (nSPS) is 13.5. The first-order valence-electron chi connectivity index (χ1n) is 9.24. The number of benzene rings is 2. The molecule has 3 rings (SSSR count). The molecule has 2 amide bonds. The number of hydrogen-bond donors (Lipinski definition) is 2. The Hall–Kier alpha value is -3.38. The minimum absolute atomic E-state index is 0.0330. The number of carbonyl (C=O) groups excluding carboxylic acids is 2. The molecule has 0 radical (unpaired) electrons. The van der Waals surface area contributed by atoms with E-state index in [-0.39, 0.29) is 19.1 Å². The number of fused-ring (bicyclic) bond motifs is 3. The highest BCUT2D eigenvalue weighted by molar-refractivity contribution is 7.90. The van der Waals surface area contributed by atoms with Crippen molar-refractivity contribution in [3.05, 3.63) is 59.7 Å². The zero-order chi connectivity index (χ0) is 21.7. The van der Waals surface area contributed by atoms with E-state index in [9.17, 15) is 18.0 Å². The summed E-state index contributed by atoms with van der Waals surface area (Å²) in [6, 6.07) is 16.1. The molecule has 9 heteroatoms. The van der Waals surface area contributed by atoms with Gasteiger partial charge < -0.3 is 15.4 Å². The zero-order valence-electron chi connectivity index (χ0n) is 16.3. The van der Waals surface area contributed by atoms with Crippen LogP contribution in [0.4, 0.5) is 4.79 Å². The fraction of sp³-hybridized carbons (Fsp3) is 0.286. The van der Waals surface area contributed by atoms with E-state index >= 15 is 0 Å². The van der Waals surface area contributed by atoms with Gasteiger partial charge in [-0.2, -0.15) is 5.26 Å². The van der Waals surface area contributed by atoms with Crippen molar-refractivity contribution in [3.8, 4) is 17.2 Å². The van der Waals surface area contributed by atoms with Gasteiger partial charge in [-0.05, 0) is 22.3 Å². The van der Waals surface area contributed by atoms with Gasteiger partial charge in [-0.1, -0.05) is 48.5 Å². The number of nitrogens with zero attached hydrogens (tertiary/aromatic N) is 1. The molecule has 1 atom stereocenters. The Balaban J connectivity index is 1.70. The molecule has 0 saturated heterocycles. The Morgan fingerprint density at radius 3 is 2.20 bits per heavy atom. The number of hydrogen-bond acceptors (Lipinski definition) is 6. The van der Waals surface area contributed by atoms with Crippen LogP contribution >= 0.6 is 0 Å². The van der Waals surface area contributed by atoms with Gasteiger partial charge in [0.2, 0.25) is 5.91 Å². The van der Waals surface area contributed by atoms with Gasteiger partial charge in [0.25, 0.3) is 0 Å². The molecule has 0 aromatic heterocycles. The highest BCUT2D eigenvalue weighted by atomic mass is 32.2. The van der Waals surface area contributed by atoms with Crippen LogP contribution in [0.15, 0.2) is 48.5 Å². The fourth-order valence-electron chi connectivity index (χ4n) is 3.52. The number of amides is 2. The Morgan fingerprint density at radius 2 is 1.67 bits per heavy atom. The van der Waals surface area contributed by atoms with Gasteiger partial charge in [0, 0.05) is 12.2 Å². The maximum atomic E-state index is 12.3. The van der Waals surface area contributed by atoms with Crippen molar-refractivity contribution in [2.45, 2.75) is 12.0 Å². The number of nitriles is 1.